The van der Waals surface area contributed by atoms with Crippen molar-refractivity contribution in [3.63, 3.8) is 0 Å². The first-order valence-corrected chi connectivity index (χ1v) is 11.0. The summed E-state index contributed by atoms with van der Waals surface area (Å²) in [6, 6.07) is 6.16. The van der Waals surface area contributed by atoms with Crippen molar-refractivity contribution < 1.29 is 19.4 Å². The third kappa shape index (κ3) is 5.73. The lowest BCUT2D eigenvalue weighted by atomic mass is 9.84. The summed E-state index contributed by atoms with van der Waals surface area (Å²) < 4.78 is 3.97. The number of piperidine rings is 2. The van der Waals surface area contributed by atoms with Crippen molar-refractivity contribution in [1.82, 2.24) is 5.32 Å². The quantitative estimate of drug-likeness (QED) is 0.293. The van der Waals surface area contributed by atoms with E-state index in [0.29, 0.717) is 18.6 Å². The minimum absolute atomic E-state index is 0.110. The van der Waals surface area contributed by atoms with Crippen LogP contribution in [0.15, 0.2) is 24.3 Å². The Balaban J connectivity index is 1.67. The maximum atomic E-state index is 12.6. The van der Waals surface area contributed by atoms with Gasteiger partial charge >= 0.3 is 0 Å². The van der Waals surface area contributed by atoms with Gasteiger partial charge in [-0.15, -0.1) is 0 Å². The number of amides is 1. The van der Waals surface area contributed by atoms with E-state index in [4.69, 9.17) is 39.5 Å². The summed E-state index contributed by atoms with van der Waals surface area (Å²) in [6.07, 6.45) is 4.58. The molecule has 2 aliphatic heterocycles. The number of hydrogen-bond acceptors (Lipinski definition) is 4. The Hall–Kier alpha value is -1.12. The zero-order valence-corrected chi connectivity index (χ0v) is 18.2. The van der Waals surface area contributed by atoms with E-state index in [2.05, 4.69) is 5.32 Å². The second kappa shape index (κ2) is 9.79. The number of nitrogens with zero attached hydrogens (tertiary/aromatic N) is 1. The van der Waals surface area contributed by atoms with Gasteiger partial charge in [0.05, 0.1) is 30.7 Å². The van der Waals surface area contributed by atoms with Crippen LogP contribution in [-0.4, -0.2) is 46.6 Å². The summed E-state index contributed by atoms with van der Waals surface area (Å²) in [5.74, 6) is -0.390. The monoisotopic (exact) mass is 464 g/mol. The number of para-hydroxylation sites is 1. The van der Waals surface area contributed by atoms with Crippen LogP contribution in [-0.2, 0) is 4.74 Å². The summed E-state index contributed by atoms with van der Waals surface area (Å²) in [5.41, 5.74) is -0.428. The van der Waals surface area contributed by atoms with Crippen molar-refractivity contribution in [2.24, 2.45) is 5.92 Å². The number of fused-ring (bicyclic) bond motifs is 1. The number of alkyl halides is 3. The Kier molecular flexibility index (Phi) is 7.62. The number of quaternary nitrogens is 1. The van der Waals surface area contributed by atoms with E-state index in [-0.39, 0.29) is 11.3 Å². The van der Waals surface area contributed by atoms with Crippen molar-refractivity contribution in [2.75, 3.05) is 19.7 Å². The van der Waals surface area contributed by atoms with Gasteiger partial charge < -0.3 is 15.0 Å². The fourth-order valence-electron chi connectivity index (χ4n) is 4.44. The molecule has 160 valence electrons. The number of benzene rings is 1. The van der Waals surface area contributed by atoms with Crippen LogP contribution in [0.5, 0.6) is 0 Å². The second-order valence-electron chi connectivity index (χ2n) is 7.67. The fraction of sp³-hybridized carbons (Fsp3) is 0.632. The number of ether oxygens (including phenoxy) is 1. The molecule has 10 heteroatoms. The van der Waals surface area contributed by atoms with Crippen LogP contribution in [0.3, 0.4) is 0 Å². The SMILES string of the molecule is O=C(N[C@H](OC[C@H]1CCC[NH+]2CCCC[C@H]12)C(Cl)(Cl)Cl)c1ccccc1[N+](=O)[O-]. The lowest BCUT2D eigenvalue weighted by Gasteiger charge is -2.41. The molecule has 2 fully saturated rings. The van der Waals surface area contributed by atoms with Gasteiger partial charge in [0.2, 0.25) is 3.79 Å². The maximum absolute atomic E-state index is 12.6. The number of halogens is 3. The summed E-state index contributed by atoms with van der Waals surface area (Å²) in [5, 5.41) is 13.7. The van der Waals surface area contributed by atoms with Gasteiger partial charge in [0.25, 0.3) is 11.6 Å². The molecule has 2 heterocycles. The summed E-state index contributed by atoms with van der Waals surface area (Å²) >= 11 is 18.1. The average Bonchev–Trinajstić information content (AvgIpc) is 2.70. The lowest BCUT2D eigenvalue weighted by Crippen LogP contribution is -3.18. The lowest BCUT2D eigenvalue weighted by molar-refractivity contribution is -0.940. The molecule has 1 aromatic carbocycles. The number of hydrogen-bond donors (Lipinski definition) is 2. The third-order valence-corrected chi connectivity index (χ3v) is 6.41. The number of nitro groups is 1. The Morgan fingerprint density at radius 2 is 1.97 bits per heavy atom. The van der Waals surface area contributed by atoms with E-state index in [9.17, 15) is 14.9 Å². The normalized spacial score (nSPS) is 25.7. The summed E-state index contributed by atoms with van der Waals surface area (Å²) in [7, 11) is 0. The Morgan fingerprint density at radius 3 is 2.69 bits per heavy atom. The zero-order chi connectivity index (χ0) is 21.0. The highest BCUT2D eigenvalue weighted by Crippen LogP contribution is 2.32. The largest absolute Gasteiger partial charge is 0.353 e. The van der Waals surface area contributed by atoms with Gasteiger partial charge in [0.15, 0.2) is 6.23 Å². The first kappa shape index (κ1) is 22.6. The molecule has 2 aliphatic rings. The van der Waals surface area contributed by atoms with Gasteiger partial charge in [-0.2, -0.15) is 0 Å². The second-order valence-corrected chi connectivity index (χ2v) is 10.0. The molecule has 0 radical (unpaired) electrons. The van der Waals surface area contributed by atoms with Gasteiger partial charge in [-0.1, -0.05) is 46.9 Å². The van der Waals surface area contributed by atoms with Crippen LogP contribution < -0.4 is 10.2 Å². The molecule has 0 bridgehead atoms. The molecule has 29 heavy (non-hydrogen) atoms. The van der Waals surface area contributed by atoms with Crippen LogP contribution in [0.25, 0.3) is 0 Å². The van der Waals surface area contributed by atoms with Crippen LogP contribution in [0.4, 0.5) is 5.69 Å². The van der Waals surface area contributed by atoms with Crippen molar-refractivity contribution in [2.45, 2.75) is 48.2 Å². The minimum Gasteiger partial charge on any atom is -0.353 e. The van der Waals surface area contributed by atoms with Gasteiger partial charge in [-0.3, -0.25) is 14.9 Å². The van der Waals surface area contributed by atoms with Gasteiger partial charge in [-0.25, -0.2) is 0 Å². The summed E-state index contributed by atoms with van der Waals surface area (Å²) in [4.78, 5) is 24.8. The zero-order valence-electron chi connectivity index (χ0n) is 15.9. The smallest absolute Gasteiger partial charge is 0.282 e. The molecular formula is C19H25Cl3N3O4+. The molecule has 7 nitrogen and oxygen atoms in total. The Labute approximate surface area is 184 Å². The molecule has 0 aliphatic carbocycles. The first-order chi connectivity index (χ1) is 13.8. The van der Waals surface area contributed by atoms with E-state index in [0.717, 1.165) is 19.3 Å². The average molecular weight is 466 g/mol. The van der Waals surface area contributed by atoms with Gasteiger partial charge in [-0.05, 0) is 38.2 Å². The highest BCUT2D eigenvalue weighted by atomic mass is 35.6. The van der Waals surface area contributed by atoms with Gasteiger partial charge in [0, 0.05) is 12.0 Å². The molecule has 0 aromatic heterocycles. The molecule has 1 aromatic rings. The van der Waals surface area contributed by atoms with Crippen molar-refractivity contribution >= 4 is 46.4 Å². The molecule has 0 spiro atoms. The number of nitrogens with one attached hydrogen (secondary N) is 2. The number of rotatable bonds is 6. The molecule has 2 saturated heterocycles. The maximum Gasteiger partial charge on any atom is 0.282 e. The molecule has 4 atom stereocenters. The van der Waals surface area contributed by atoms with Crippen LogP contribution >= 0.6 is 34.8 Å². The molecule has 1 unspecified atom stereocenters. The molecule has 0 saturated carbocycles. The van der Waals surface area contributed by atoms with E-state index in [1.54, 1.807) is 4.90 Å². The van der Waals surface area contributed by atoms with Gasteiger partial charge in [0.1, 0.15) is 5.56 Å². The molecule has 2 N–H and O–H groups in total. The Bertz CT molecular complexity index is 742. The highest BCUT2D eigenvalue weighted by molar-refractivity contribution is 6.68. The standard InChI is InChI=1S/C19H24Cl3N3O4/c20-19(21,22)18(23-17(26)14-7-1-2-9-16(14)25(27)28)29-12-13-6-5-11-24-10-4-3-8-15(13)24/h1-2,7,9,13,15,18H,3-6,8,10-12H2,(H,23,26)/p+1/t13-,15-,18-/m1/s1. The van der Waals surface area contributed by atoms with Crippen molar-refractivity contribution in [1.29, 1.82) is 0 Å². The minimum atomic E-state index is -1.91. The molecule has 3 rings (SSSR count). The highest BCUT2D eigenvalue weighted by Gasteiger charge is 2.40. The van der Waals surface area contributed by atoms with Crippen LogP contribution in [0, 0.1) is 16.0 Å². The summed E-state index contributed by atoms with van der Waals surface area (Å²) in [6.45, 7) is 2.73. The third-order valence-electron chi connectivity index (χ3n) is 5.81. The fourth-order valence-corrected chi connectivity index (χ4v) is 4.79. The van der Waals surface area contributed by atoms with Crippen molar-refractivity contribution in [3.05, 3.63) is 39.9 Å². The Morgan fingerprint density at radius 1 is 1.24 bits per heavy atom. The molecular weight excluding hydrogens is 441 g/mol. The van der Waals surface area contributed by atoms with E-state index in [1.807, 2.05) is 0 Å². The molecule has 1 amide bonds. The number of carbonyl (C=O) groups excluding carboxylic acids is 1. The predicted octanol–water partition coefficient (Wildman–Crippen LogP) is 2.88. The van der Waals surface area contributed by atoms with E-state index in [1.165, 1.54) is 50.2 Å². The van der Waals surface area contributed by atoms with Crippen molar-refractivity contribution in [3.8, 4) is 0 Å². The van der Waals surface area contributed by atoms with E-state index >= 15 is 0 Å². The van der Waals surface area contributed by atoms with Crippen LogP contribution in [0.1, 0.15) is 42.5 Å². The predicted molar refractivity (Wildman–Crippen MR) is 112 cm³/mol. The topological polar surface area (TPSA) is 85.9 Å². The number of carbonyl (C=O) groups is 1. The van der Waals surface area contributed by atoms with E-state index < -0.39 is 20.9 Å². The van der Waals surface area contributed by atoms with Crippen LogP contribution in [0.2, 0.25) is 0 Å². The number of nitro benzene ring substituents is 1. The first-order valence-electron chi connectivity index (χ1n) is 9.84.